The van der Waals surface area contributed by atoms with Crippen LogP contribution in [0.25, 0.3) is 10.2 Å². The first-order valence-electron chi connectivity index (χ1n) is 9.06. The average Bonchev–Trinajstić information content (AvgIpc) is 3.04. The van der Waals surface area contributed by atoms with Crippen molar-refractivity contribution in [3.63, 3.8) is 0 Å². The van der Waals surface area contributed by atoms with Crippen molar-refractivity contribution in [2.45, 2.75) is 13.8 Å². The zero-order chi connectivity index (χ0) is 20.1. The molecule has 0 bridgehead atoms. The standard InChI is InChI=1S/C22H16FN3O2S/c1-12-15(8-9-17(19(12)23)28-14-6-4-3-5-7-14)26-16-10-11-24-21-18(16)20(13(2)29-21)25-22(26)27/h3-11H,1-2H3,(H,25,27). The number of urea groups is 1. The lowest BCUT2D eigenvalue weighted by molar-refractivity contribution is 0.258. The molecule has 1 aliphatic heterocycles. The molecule has 144 valence electrons. The molecule has 0 radical (unpaired) electrons. The number of aryl methyl sites for hydroxylation is 1. The molecular formula is C22H16FN3O2S. The Labute approximate surface area is 170 Å². The number of rotatable bonds is 3. The minimum absolute atomic E-state index is 0.113. The number of hydrogen-bond donors (Lipinski definition) is 1. The molecular weight excluding hydrogens is 389 g/mol. The zero-order valence-corrected chi connectivity index (χ0v) is 16.5. The van der Waals surface area contributed by atoms with Crippen LogP contribution in [0, 0.1) is 19.7 Å². The van der Waals surface area contributed by atoms with E-state index in [9.17, 15) is 4.79 Å². The Morgan fingerprint density at radius 1 is 1.07 bits per heavy atom. The van der Waals surface area contributed by atoms with E-state index in [4.69, 9.17) is 4.74 Å². The van der Waals surface area contributed by atoms with E-state index in [1.54, 1.807) is 43.5 Å². The number of carbonyl (C=O) groups is 1. The molecule has 2 aromatic heterocycles. The van der Waals surface area contributed by atoms with Crippen LogP contribution >= 0.6 is 11.3 Å². The zero-order valence-electron chi connectivity index (χ0n) is 15.7. The molecule has 5 rings (SSSR count). The van der Waals surface area contributed by atoms with Crippen LogP contribution < -0.4 is 15.0 Å². The Bertz CT molecular complexity index is 1270. The van der Waals surface area contributed by atoms with E-state index in [0.29, 0.717) is 22.7 Å². The molecule has 0 atom stereocenters. The molecule has 2 amide bonds. The van der Waals surface area contributed by atoms with Crippen molar-refractivity contribution in [1.82, 2.24) is 4.98 Å². The Morgan fingerprint density at radius 2 is 1.86 bits per heavy atom. The monoisotopic (exact) mass is 405 g/mol. The Balaban J connectivity index is 1.62. The Hall–Kier alpha value is -3.45. The van der Waals surface area contributed by atoms with Crippen LogP contribution in [-0.4, -0.2) is 11.0 Å². The largest absolute Gasteiger partial charge is 0.454 e. The summed E-state index contributed by atoms with van der Waals surface area (Å²) in [6.07, 6.45) is 1.67. The molecule has 0 saturated heterocycles. The summed E-state index contributed by atoms with van der Waals surface area (Å²) in [4.78, 5) is 20.7. The summed E-state index contributed by atoms with van der Waals surface area (Å²) in [6, 6.07) is 13.7. The van der Waals surface area contributed by atoms with Crippen LogP contribution in [0.4, 0.5) is 26.2 Å². The fourth-order valence-corrected chi connectivity index (χ4v) is 4.52. The van der Waals surface area contributed by atoms with Crippen LogP contribution in [0.15, 0.2) is 54.7 Å². The van der Waals surface area contributed by atoms with Crippen molar-refractivity contribution in [3.05, 3.63) is 71.0 Å². The number of nitrogens with zero attached hydrogens (tertiary/aromatic N) is 2. The molecule has 7 heteroatoms. The molecule has 0 unspecified atom stereocenters. The number of carbonyl (C=O) groups excluding carboxylic acids is 1. The van der Waals surface area contributed by atoms with Crippen molar-refractivity contribution in [3.8, 4) is 11.5 Å². The number of nitrogens with one attached hydrogen (secondary N) is 1. The highest BCUT2D eigenvalue weighted by Gasteiger charge is 2.31. The number of halogens is 1. The van der Waals surface area contributed by atoms with E-state index < -0.39 is 5.82 Å². The van der Waals surface area contributed by atoms with Gasteiger partial charge in [-0.25, -0.2) is 14.2 Å². The van der Waals surface area contributed by atoms with Gasteiger partial charge in [-0.2, -0.15) is 0 Å². The van der Waals surface area contributed by atoms with E-state index in [2.05, 4.69) is 10.3 Å². The summed E-state index contributed by atoms with van der Waals surface area (Å²) in [5, 5.41) is 3.80. The highest BCUT2D eigenvalue weighted by atomic mass is 32.1. The second kappa shape index (κ2) is 6.56. The molecule has 4 aromatic rings. The van der Waals surface area contributed by atoms with Crippen LogP contribution in [0.5, 0.6) is 11.5 Å². The molecule has 0 spiro atoms. The number of ether oxygens (including phenoxy) is 1. The molecule has 0 saturated carbocycles. The van der Waals surface area contributed by atoms with Crippen LogP contribution in [-0.2, 0) is 0 Å². The Kier molecular flexibility index (Phi) is 3.99. The summed E-state index contributed by atoms with van der Waals surface area (Å²) >= 11 is 1.52. The van der Waals surface area contributed by atoms with E-state index in [1.807, 2.05) is 25.1 Å². The molecule has 0 fully saturated rings. The van der Waals surface area contributed by atoms with Gasteiger partial charge in [0.15, 0.2) is 11.6 Å². The number of pyridine rings is 1. The van der Waals surface area contributed by atoms with Crippen molar-refractivity contribution in [2.75, 3.05) is 10.2 Å². The molecule has 5 nitrogen and oxygen atoms in total. The maximum atomic E-state index is 15.1. The minimum atomic E-state index is -0.503. The van der Waals surface area contributed by atoms with Gasteiger partial charge >= 0.3 is 6.03 Å². The highest BCUT2D eigenvalue weighted by molar-refractivity contribution is 7.19. The fourth-order valence-electron chi connectivity index (χ4n) is 3.55. The van der Waals surface area contributed by atoms with Gasteiger partial charge in [-0.15, -0.1) is 11.3 Å². The predicted molar refractivity (Wildman–Crippen MR) is 113 cm³/mol. The number of amides is 2. The van der Waals surface area contributed by atoms with Gasteiger partial charge in [0.1, 0.15) is 10.6 Å². The van der Waals surface area contributed by atoms with E-state index in [-0.39, 0.29) is 11.8 Å². The van der Waals surface area contributed by atoms with Gasteiger partial charge in [0, 0.05) is 16.6 Å². The van der Waals surface area contributed by atoms with Gasteiger partial charge in [0.05, 0.1) is 22.4 Å². The van der Waals surface area contributed by atoms with Gasteiger partial charge < -0.3 is 10.1 Å². The summed E-state index contributed by atoms with van der Waals surface area (Å²) in [5.74, 6) is 0.155. The number of para-hydroxylation sites is 1. The molecule has 1 N–H and O–H groups in total. The lowest BCUT2D eigenvalue weighted by Crippen LogP contribution is -2.34. The first-order chi connectivity index (χ1) is 14.0. The van der Waals surface area contributed by atoms with Gasteiger partial charge in [-0.3, -0.25) is 4.90 Å². The van der Waals surface area contributed by atoms with Crippen molar-refractivity contribution >= 4 is 44.6 Å². The van der Waals surface area contributed by atoms with Crippen LogP contribution in [0.1, 0.15) is 10.4 Å². The Morgan fingerprint density at radius 3 is 2.66 bits per heavy atom. The number of anilines is 3. The summed E-state index contributed by atoms with van der Waals surface area (Å²) < 4.78 is 20.8. The van der Waals surface area contributed by atoms with Crippen LogP contribution in [0.3, 0.4) is 0 Å². The predicted octanol–water partition coefficient (Wildman–Crippen LogP) is 6.53. The normalized spacial score (nSPS) is 12.9. The number of hydrogen-bond acceptors (Lipinski definition) is 4. The first kappa shape index (κ1) is 17.6. The smallest absolute Gasteiger partial charge is 0.331 e. The molecule has 29 heavy (non-hydrogen) atoms. The summed E-state index contributed by atoms with van der Waals surface area (Å²) in [5.41, 5.74) is 2.25. The lowest BCUT2D eigenvalue weighted by Gasteiger charge is -2.29. The highest BCUT2D eigenvalue weighted by Crippen LogP contribution is 2.46. The number of benzene rings is 2. The van der Waals surface area contributed by atoms with Gasteiger partial charge in [-0.1, -0.05) is 18.2 Å². The van der Waals surface area contributed by atoms with Gasteiger partial charge in [0.2, 0.25) is 0 Å². The summed E-state index contributed by atoms with van der Waals surface area (Å²) in [7, 11) is 0. The quantitative estimate of drug-likeness (QED) is 0.422. The molecule has 0 aliphatic carbocycles. The SMILES string of the molecule is Cc1sc2nccc3c2c1NC(=O)N3c1ccc(Oc2ccccc2)c(F)c1C. The van der Waals surface area contributed by atoms with Gasteiger partial charge in [0.25, 0.3) is 0 Å². The van der Waals surface area contributed by atoms with Crippen LogP contribution in [0.2, 0.25) is 0 Å². The fraction of sp³-hybridized carbons (Fsp3) is 0.0909. The van der Waals surface area contributed by atoms with E-state index in [1.165, 1.54) is 16.2 Å². The number of thiophene rings is 1. The van der Waals surface area contributed by atoms with Crippen molar-refractivity contribution in [2.24, 2.45) is 0 Å². The third-order valence-corrected chi connectivity index (χ3v) is 5.97. The second-order valence-electron chi connectivity index (χ2n) is 6.75. The van der Waals surface area contributed by atoms with Crippen molar-refractivity contribution in [1.29, 1.82) is 0 Å². The topological polar surface area (TPSA) is 54.5 Å². The third kappa shape index (κ3) is 2.74. The molecule has 1 aliphatic rings. The number of aromatic nitrogens is 1. The lowest BCUT2D eigenvalue weighted by atomic mass is 10.1. The average molecular weight is 405 g/mol. The maximum absolute atomic E-state index is 15.1. The second-order valence-corrected chi connectivity index (χ2v) is 7.95. The van der Waals surface area contributed by atoms with Crippen molar-refractivity contribution < 1.29 is 13.9 Å². The molecule has 2 aromatic carbocycles. The minimum Gasteiger partial charge on any atom is -0.454 e. The summed E-state index contributed by atoms with van der Waals surface area (Å²) in [6.45, 7) is 3.59. The van der Waals surface area contributed by atoms with E-state index in [0.717, 1.165) is 20.8 Å². The molecule has 3 heterocycles. The third-order valence-electron chi connectivity index (χ3n) is 4.96. The maximum Gasteiger partial charge on any atom is 0.331 e. The van der Waals surface area contributed by atoms with Gasteiger partial charge in [-0.05, 0) is 44.2 Å². The van der Waals surface area contributed by atoms with E-state index >= 15 is 4.39 Å². The first-order valence-corrected chi connectivity index (χ1v) is 9.87.